The molecule has 0 spiro atoms. The average Bonchev–Trinajstić information content (AvgIpc) is 3.50. The molecule has 0 atom stereocenters. The number of benzene rings is 1. The van der Waals surface area contributed by atoms with Gasteiger partial charge in [0.05, 0.1) is 38.2 Å². The third-order valence-electron chi connectivity index (χ3n) is 5.48. The van der Waals surface area contributed by atoms with Crippen molar-refractivity contribution in [3.8, 4) is 17.6 Å². The largest absolute Gasteiger partial charge is 0.493 e. The lowest BCUT2D eigenvalue weighted by Crippen LogP contribution is -2.33. The van der Waals surface area contributed by atoms with E-state index < -0.39 is 5.41 Å². The van der Waals surface area contributed by atoms with E-state index in [1.807, 2.05) is 18.2 Å². The number of nitrogens with zero attached hydrogens (tertiary/aromatic N) is 1. The highest BCUT2D eigenvalue weighted by Crippen LogP contribution is 2.44. The highest BCUT2D eigenvalue weighted by Gasteiger charge is 2.40. The second kappa shape index (κ2) is 7.35. The van der Waals surface area contributed by atoms with Crippen molar-refractivity contribution >= 4 is 5.97 Å². The lowest BCUT2D eigenvalue weighted by Gasteiger charge is -2.34. The van der Waals surface area contributed by atoms with Crippen LogP contribution in [0.1, 0.15) is 44.1 Å². The van der Waals surface area contributed by atoms with Gasteiger partial charge in [-0.2, -0.15) is 5.26 Å². The average molecular weight is 343 g/mol. The summed E-state index contributed by atoms with van der Waals surface area (Å²) in [7, 11) is 3.04. The molecule has 2 fully saturated rings. The number of hydrogen-bond acceptors (Lipinski definition) is 5. The van der Waals surface area contributed by atoms with Crippen LogP contribution in [0.5, 0.6) is 11.5 Å². The van der Waals surface area contributed by atoms with E-state index in [1.165, 1.54) is 20.0 Å². The molecule has 0 amide bonds. The van der Waals surface area contributed by atoms with Gasteiger partial charge in [0.2, 0.25) is 0 Å². The van der Waals surface area contributed by atoms with E-state index in [-0.39, 0.29) is 11.9 Å². The Bertz CT molecular complexity index is 667. The summed E-state index contributed by atoms with van der Waals surface area (Å²) in [6.45, 7) is 0.698. The highest BCUT2D eigenvalue weighted by atomic mass is 16.5. The Morgan fingerprint density at radius 1 is 1.20 bits per heavy atom. The lowest BCUT2D eigenvalue weighted by atomic mass is 9.67. The van der Waals surface area contributed by atoms with Gasteiger partial charge in [0.1, 0.15) is 0 Å². The van der Waals surface area contributed by atoms with Crippen LogP contribution in [0.25, 0.3) is 0 Å². The van der Waals surface area contributed by atoms with Gasteiger partial charge in [-0.25, -0.2) is 0 Å². The molecule has 3 rings (SSSR count). The molecule has 0 aromatic heterocycles. The number of carbonyl (C=O) groups is 1. The van der Waals surface area contributed by atoms with Crippen LogP contribution in [0.15, 0.2) is 18.2 Å². The summed E-state index contributed by atoms with van der Waals surface area (Å²) in [6.07, 6.45) is 5.09. The van der Waals surface area contributed by atoms with Crippen molar-refractivity contribution in [3.05, 3.63) is 23.8 Å². The molecule has 0 N–H and O–H groups in total. The standard InChI is InChI=1S/C20H25NO4/c1-23-17-6-5-16(11-18(17)25-12-14-3-4-14)20(13-21)9-7-15(8-10-20)19(22)24-2/h5-6,11,14-15H,3-4,7-10,12H2,1-2H3/t15-,20+. The Morgan fingerprint density at radius 2 is 1.92 bits per heavy atom. The molecule has 0 unspecified atom stereocenters. The SMILES string of the molecule is COc1ccc([C@]2(C#N)CC[C@H](C(=O)OC)CC2)cc1OCC1CC1. The highest BCUT2D eigenvalue weighted by molar-refractivity contribution is 5.72. The third-order valence-corrected chi connectivity index (χ3v) is 5.48. The van der Waals surface area contributed by atoms with Gasteiger partial charge in [0, 0.05) is 0 Å². The van der Waals surface area contributed by atoms with Crippen molar-refractivity contribution in [2.24, 2.45) is 11.8 Å². The molecular formula is C20H25NO4. The number of ether oxygens (including phenoxy) is 3. The molecule has 0 radical (unpaired) electrons. The minimum absolute atomic E-state index is 0.102. The van der Waals surface area contributed by atoms with Crippen LogP contribution in [-0.2, 0) is 14.9 Å². The van der Waals surface area contributed by atoms with Gasteiger partial charge in [-0.1, -0.05) is 6.07 Å². The van der Waals surface area contributed by atoms with Crippen LogP contribution >= 0.6 is 0 Å². The minimum Gasteiger partial charge on any atom is -0.493 e. The molecule has 0 heterocycles. The van der Waals surface area contributed by atoms with Crippen molar-refractivity contribution in [2.75, 3.05) is 20.8 Å². The molecule has 2 aliphatic rings. The first-order valence-corrected chi connectivity index (χ1v) is 8.92. The van der Waals surface area contributed by atoms with E-state index in [0.29, 0.717) is 49.7 Å². The van der Waals surface area contributed by atoms with Crippen LogP contribution in [0, 0.1) is 23.2 Å². The van der Waals surface area contributed by atoms with Gasteiger partial charge in [-0.3, -0.25) is 4.79 Å². The first kappa shape index (κ1) is 17.6. The summed E-state index contributed by atoms with van der Waals surface area (Å²) in [5, 5.41) is 9.88. The van der Waals surface area contributed by atoms with E-state index in [0.717, 1.165) is 5.56 Å². The molecule has 5 nitrogen and oxygen atoms in total. The summed E-state index contributed by atoms with van der Waals surface area (Å²) in [5.41, 5.74) is 0.374. The predicted octanol–water partition coefficient (Wildman–Crippen LogP) is 3.61. The Balaban J connectivity index is 1.79. The molecule has 0 bridgehead atoms. The van der Waals surface area contributed by atoms with Gasteiger partial charge < -0.3 is 14.2 Å². The summed E-state index contributed by atoms with van der Waals surface area (Å²) in [5.74, 6) is 1.77. The lowest BCUT2D eigenvalue weighted by molar-refractivity contribution is -0.146. The van der Waals surface area contributed by atoms with Gasteiger partial charge in [0.25, 0.3) is 0 Å². The van der Waals surface area contributed by atoms with Crippen molar-refractivity contribution in [3.63, 3.8) is 0 Å². The Hall–Kier alpha value is -2.22. The van der Waals surface area contributed by atoms with E-state index in [1.54, 1.807) is 7.11 Å². The normalized spacial score (nSPS) is 25.7. The van der Waals surface area contributed by atoms with Crippen LogP contribution in [-0.4, -0.2) is 26.8 Å². The molecular weight excluding hydrogens is 318 g/mol. The third kappa shape index (κ3) is 3.73. The molecule has 1 aromatic carbocycles. The number of methoxy groups -OCH3 is 2. The fourth-order valence-corrected chi connectivity index (χ4v) is 3.56. The van der Waals surface area contributed by atoms with Crippen LogP contribution in [0.4, 0.5) is 0 Å². The number of esters is 1. The van der Waals surface area contributed by atoms with E-state index in [4.69, 9.17) is 14.2 Å². The summed E-state index contributed by atoms with van der Waals surface area (Å²) < 4.78 is 16.2. The fraction of sp³-hybridized carbons (Fsp3) is 0.600. The smallest absolute Gasteiger partial charge is 0.308 e. The summed E-state index contributed by atoms with van der Waals surface area (Å²) in [4.78, 5) is 11.8. The second-order valence-electron chi connectivity index (χ2n) is 7.11. The summed E-state index contributed by atoms with van der Waals surface area (Å²) >= 11 is 0. The van der Waals surface area contributed by atoms with Crippen molar-refractivity contribution < 1.29 is 19.0 Å². The Kier molecular flexibility index (Phi) is 5.17. The maximum Gasteiger partial charge on any atom is 0.308 e. The van der Waals surface area contributed by atoms with Crippen LogP contribution in [0.3, 0.4) is 0 Å². The van der Waals surface area contributed by atoms with Crippen LogP contribution in [0.2, 0.25) is 0 Å². The monoisotopic (exact) mass is 343 g/mol. The first-order valence-electron chi connectivity index (χ1n) is 8.92. The van der Waals surface area contributed by atoms with E-state index in [2.05, 4.69) is 6.07 Å². The molecule has 2 saturated carbocycles. The van der Waals surface area contributed by atoms with Gasteiger partial charge >= 0.3 is 5.97 Å². The molecule has 134 valence electrons. The van der Waals surface area contributed by atoms with Gasteiger partial charge in [-0.05, 0) is 62.1 Å². The zero-order chi connectivity index (χ0) is 17.9. The molecule has 0 saturated heterocycles. The zero-order valence-electron chi connectivity index (χ0n) is 14.9. The molecule has 5 heteroatoms. The Morgan fingerprint density at radius 3 is 2.48 bits per heavy atom. The van der Waals surface area contributed by atoms with Crippen LogP contribution < -0.4 is 9.47 Å². The fourth-order valence-electron chi connectivity index (χ4n) is 3.56. The molecule has 25 heavy (non-hydrogen) atoms. The quantitative estimate of drug-likeness (QED) is 0.738. The van der Waals surface area contributed by atoms with Gasteiger partial charge in [-0.15, -0.1) is 0 Å². The number of hydrogen-bond donors (Lipinski definition) is 0. The number of rotatable bonds is 6. The van der Waals surface area contributed by atoms with E-state index in [9.17, 15) is 10.1 Å². The second-order valence-corrected chi connectivity index (χ2v) is 7.11. The zero-order valence-corrected chi connectivity index (χ0v) is 14.9. The van der Waals surface area contributed by atoms with Gasteiger partial charge in [0.15, 0.2) is 11.5 Å². The van der Waals surface area contributed by atoms with Crippen molar-refractivity contribution in [1.82, 2.24) is 0 Å². The summed E-state index contributed by atoms with van der Waals surface area (Å²) in [6, 6.07) is 8.28. The molecule has 2 aliphatic carbocycles. The van der Waals surface area contributed by atoms with Crippen molar-refractivity contribution in [1.29, 1.82) is 5.26 Å². The number of carbonyl (C=O) groups excluding carboxylic acids is 1. The molecule has 1 aromatic rings. The number of nitriles is 1. The topological polar surface area (TPSA) is 68.5 Å². The predicted molar refractivity (Wildman–Crippen MR) is 92.5 cm³/mol. The maximum atomic E-state index is 11.8. The Labute approximate surface area is 148 Å². The minimum atomic E-state index is -0.575. The molecule has 0 aliphatic heterocycles. The van der Waals surface area contributed by atoms with E-state index >= 15 is 0 Å². The van der Waals surface area contributed by atoms with Crippen molar-refractivity contribution in [2.45, 2.75) is 43.9 Å². The first-order chi connectivity index (χ1) is 12.1. The maximum absolute atomic E-state index is 11.8.